The van der Waals surface area contributed by atoms with E-state index in [2.05, 4.69) is 36.9 Å². The maximum Gasteiger partial charge on any atom is 0.157 e. The zero-order chi connectivity index (χ0) is 12.4. The first-order valence-electron chi connectivity index (χ1n) is 6.24. The first-order chi connectivity index (χ1) is 8.19. The molecule has 2 rings (SSSR count). The molecule has 0 N–H and O–H groups in total. The maximum absolute atomic E-state index is 6.21. The van der Waals surface area contributed by atoms with Gasteiger partial charge in [0.25, 0.3) is 0 Å². The number of aromatic nitrogens is 3. The van der Waals surface area contributed by atoms with E-state index < -0.39 is 0 Å². The summed E-state index contributed by atoms with van der Waals surface area (Å²) in [5.74, 6) is 0.498. The van der Waals surface area contributed by atoms with Crippen molar-refractivity contribution in [2.45, 2.75) is 46.0 Å². The van der Waals surface area contributed by atoms with Crippen molar-refractivity contribution in [3.8, 4) is 0 Å². The van der Waals surface area contributed by atoms with E-state index in [4.69, 9.17) is 11.6 Å². The van der Waals surface area contributed by atoms with Crippen LogP contribution >= 0.6 is 11.6 Å². The lowest BCUT2D eigenvalue weighted by atomic mass is 10.00. The predicted octanol–water partition coefficient (Wildman–Crippen LogP) is 3.85. The highest BCUT2D eigenvalue weighted by Crippen LogP contribution is 2.24. The van der Waals surface area contributed by atoms with Crippen molar-refractivity contribution in [1.82, 2.24) is 14.6 Å². The maximum atomic E-state index is 6.21. The second-order valence-electron chi connectivity index (χ2n) is 4.28. The van der Waals surface area contributed by atoms with Crippen LogP contribution in [0.4, 0.5) is 0 Å². The number of aryl methyl sites for hydroxylation is 1. The molecular weight excluding hydrogens is 234 g/mol. The summed E-state index contributed by atoms with van der Waals surface area (Å²) >= 11 is 6.21. The molecule has 0 saturated heterocycles. The summed E-state index contributed by atoms with van der Waals surface area (Å²) in [5.41, 5.74) is 2.97. The quantitative estimate of drug-likeness (QED) is 0.773. The topological polar surface area (TPSA) is 30.2 Å². The van der Waals surface area contributed by atoms with Gasteiger partial charge in [0.05, 0.1) is 5.69 Å². The van der Waals surface area contributed by atoms with Crippen LogP contribution in [0.1, 0.15) is 50.9 Å². The number of halogens is 1. The molecule has 17 heavy (non-hydrogen) atoms. The molecule has 0 atom stereocenters. The van der Waals surface area contributed by atoms with Gasteiger partial charge in [0.1, 0.15) is 5.15 Å². The summed E-state index contributed by atoms with van der Waals surface area (Å²) in [6.45, 7) is 6.45. The van der Waals surface area contributed by atoms with Crippen LogP contribution in [0.3, 0.4) is 0 Å². The number of rotatable bonds is 4. The lowest BCUT2D eigenvalue weighted by molar-refractivity contribution is 0.616. The van der Waals surface area contributed by atoms with Gasteiger partial charge >= 0.3 is 0 Å². The SMILES string of the molecule is CCc1cc(Cl)n2nc(C(CC)CC)cc2n1. The van der Waals surface area contributed by atoms with Crippen LogP contribution in [0.5, 0.6) is 0 Å². The van der Waals surface area contributed by atoms with Gasteiger partial charge in [0, 0.05) is 17.7 Å². The minimum Gasteiger partial charge on any atom is -0.233 e. The Morgan fingerprint density at radius 2 is 1.94 bits per heavy atom. The number of hydrogen-bond acceptors (Lipinski definition) is 2. The van der Waals surface area contributed by atoms with E-state index in [0.717, 1.165) is 36.3 Å². The van der Waals surface area contributed by atoms with Gasteiger partial charge in [-0.2, -0.15) is 5.10 Å². The van der Waals surface area contributed by atoms with Crippen LogP contribution in [-0.4, -0.2) is 14.6 Å². The van der Waals surface area contributed by atoms with Crippen LogP contribution in [0.15, 0.2) is 12.1 Å². The molecule has 0 fully saturated rings. The van der Waals surface area contributed by atoms with Gasteiger partial charge in [-0.05, 0) is 25.3 Å². The largest absolute Gasteiger partial charge is 0.233 e. The van der Waals surface area contributed by atoms with Crippen molar-refractivity contribution in [2.24, 2.45) is 0 Å². The monoisotopic (exact) mass is 251 g/mol. The molecule has 0 aliphatic carbocycles. The highest BCUT2D eigenvalue weighted by atomic mass is 35.5. The van der Waals surface area contributed by atoms with Crippen LogP contribution in [0.25, 0.3) is 5.65 Å². The summed E-state index contributed by atoms with van der Waals surface area (Å²) < 4.78 is 1.73. The Bertz CT molecular complexity index is 515. The third-order valence-electron chi connectivity index (χ3n) is 3.22. The van der Waals surface area contributed by atoms with E-state index in [1.165, 1.54) is 0 Å². The fourth-order valence-corrected chi connectivity index (χ4v) is 2.34. The molecule has 3 nitrogen and oxygen atoms in total. The van der Waals surface area contributed by atoms with Crippen molar-refractivity contribution >= 4 is 17.2 Å². The van der Waals surface area contributed by atoms with Gasteiger partial charge in [-0.25, -0.2) is 9.50 Å². The van der Waals surface area contributed by atoms with Gasteiger partial charge in [0.15, 0.2) is 5.65 Å². The normalized spacial score (nSPS) is 11.6. The molecule has 92 valence electrons. The van der Waals surface area contributed by atoms with Gasteiger partial charge < -0.3 is 0 Å². The van der Waals surface area contributed by atoms with Gasteiger partial charge in [-0.15, -0.1) is 0 Å². The third-order valence-corrected chi connectivity index (χ3v) is 3.49. The minimum absolute atomic E-state index is 0.498. The second-order valence-corrected chi connectivity index (χ2v) is 4.66. The number of nitrogens with zero attached hydrogens (tertiary/aromatic N) is 3. The van der Waals surface area contributed by atoms with Gasteiger partial charge in [-0.1, -0.05) is 32.4 Å². The molecule has 2 aromatic rings. The average Bonchev–Trinajstić information content (AvgIpc) is 2.75. The lowest BCUT2D eigenvalue weighted by Crippen LogP contribution is -1.98. The number of fused-ring (bicyclic) bond motifs is 1. The van der Waals surface area contributed by atoms with Gasteiger partial charge in [0.2, 0.25) is 0 Å². The van der Waals surface area contributed by atoms with Crippen molar-refractivity contribution in [2.75, 3.05) is 0 Å². The Hall–Kier alpha value is -1.09. The fourth-order valence-electron chi connectivity index (χ4n) is 2.09. The molecular formula is C13H18ClN3. The Morgan fingerprint density at radius 3 is 2.53 bits per heavy atom. The van der Waals surface area contributed by atoms with Crippen molar-refractivity contribution in [3.63, 3.8) is 0 Å². The summed E-state index contributed by atoms with van der Waals surface area (Å²) in [4.78, 5) is 4.54. The van der Waals surface area contributed by atoms with Crippen LogP contribution in [0.2, 0.25) is 5.15 Å². The fraction of sp³-hybridized carbons (Fsp3) is 0.538. The van der Waals surface area contributed by atoms with Crippen LogP contribution < -0.4 is 0 Å². The molecule has 2 heterocycles. The molecule has 0 aromatic carbocycles. The van der Waals surface area contributed by atoms with E-state index >= 15 is 0 Å². The Balaban J connectivity index is 2.53. The first kappa shape index (κ1) is 12.4. The molecule has 0 unspecified atom stereocenters. The molecule has 0 radical (unpaired) electrons. The molecule has 0 bridgehead atoms. The highest BCUT2D eigenvalue weighted by Gasteiger charge is 2.13. The zero-order valence-corrected chi connectivity index (χ0v) is 11.3. The molecule has 2 aromatic heterocycles. The lowest BCUT2D eigenvalue weighted by Gasteiger charge is -2.06. The number of hydrogen-bond donors (Lipinski definition) is 0. The molecule has 0 aliphatic heterocycles. The van der Waals surface area contributed by atoms with E-state index in [0.29, 0.717) is 11.1 Å². The van der Waals surface area contributed by atoms with Gasteiger partial charge in [-0.3, -0.25) is 0 Å². The van der Waals surface area contributed by atoms with E-state index in [1.807, 2.05) is 6.07 Å². The minimum atomic E-state index is 0.498. The Morgan fingerprint density at radius 1 is 1.24 bits per heavy atom. The average molecular weight is 252 g/mol. The van der Waals surface area contributed by atoms with Crippen LogP contribution in [-0.2, 0) is 6.42 Å². The Labute approximate surface area is 107 Å². The second kappa shape index (κ2) is 5.05. The van der Waals surface area contributed by atoms with E-state index in [1.54, 1.807) is 4.52 Å². The summed E-state index contributed by atoms with van der Waals surface area (Å²) in [7, 11) is 0. The molecule has 0 saturated carbocycles. The molecule has 0 aliphatic rings. The Kier molecular flexibility index (Phi) is 3.67. The van der Waals surface area contributed by atoms with Crippen molar-refractivity contribution in [1.29, 1.82) is 0 Å². The van der Waals surface area contributed by atoms with E-state index in [-0.39, 0.29) is 0 Å². The summed E-state index contributed by atoms with van der Waals surface area (Å²) in [6, 6.07) is 3.95. The third kappa shape index (κ3) is 2.29. The summed E-state index contributed by atoms with van der Waals surface area (Å²) in [5, 5.41) is 5.19. The van der Waals surface area contributed by atoms with Crippen molar-refractivity contribution in [3.05, 3.63) is 28.7 Å². The first-order valence-corrected chi connectivity index (χ1v) is 6.62. The standard InChI is InChI=1S/C13H18ClN3/c1-4-9(5-2)11-8-13-15-10(6-3)7-12(14)17(13)16-11/h7-9H,4-6H2,1-3H3. The smallest absolute Gasteiger partial charge is 0.157 e. The molecule has 0 amide bonds. The highest BCUT2D eigenvalue weighted by molar-refractivity contribution is 6.29. The predicted molar refractivity (Wildman–Crippen MR) is 70.7 cm³/mol. The molecule has 0 spiro atoms. The molecule has 4 heteroatoms. The summed E-state index contributed by atoms with van der Waals surface area (Å²) in [6.07, 6.45) is 3.08. The van der Waals surface area contributed by atoms with Crippen LogP contribution in [0, 0.1) is 0 Å². The van der Waals surface area contributed by atoms with E-state index in [9.17, 15) is 0 Å². The van der Waals surface area contributed by atoms with Crippen molar-refractivity contribution < 1.29 is 0 Å². The zero-order valence-electron chi connectivity index (χ0n) is 10.6.